The zero-order valence-electron chi connectivity index (χ0n) is 16.9. The van der Waals surface area contributed by atoms with Crippen molar-refractivity contribution in [2.75, 3.05) is 20.2 Å². The van der Waals surface area contributed by atoms with Crippen molar-refractivity contribution in [1.29, 1.82) is 0 Å². The average molecular weight is 429 g/mol. The van der Waals surface area contributed by atoms with Crippen LogP contribution in [0.25, 0.3) is 10.9 Å². The van der Waals surface area contributed by atoms with Gasteiger partial charge in [0.15, 0.2) is 0 Å². The molecular formula is C23H25ClN2O2S. The number of carbonyl (C=O) groups is 1. The van der Waals surface area contributed by atoms with Crippen molar-refractivity contribution in [2.45, 2.75) is 30.1 Å². The van der Waals surface area contributed by atoms with Gasteiger partial charge in [0, 0.05) is 34.5 Å². The minimum Gasteiger partial charge on any atom is -0.497 e. The highest BCUT2D eigenvalue weighted by Gasteiger charge is 2.29. The molecule has 4 nitrogen and oxygen atoms in total. The van der Waals surface area contributed by atoms with Crippen LogP contribution in [0.3, 0.4) is 0 Å². The predicted molar refractivity (Wildman–Crippen MR) is 119 cm³/mol. The Morgan fingerprint density at radius 2 is 1.83 bits per heavy atom. The summed E-state index contributed by atoms with van der Waals surface area (Å²) in [6, 6.07) is 13.6. The van der Waals surface area contributed by atoms with Crippen LogP contribution in [0, 0.1) is 11.8 Å². The monoisotopic (exact) mass is 428 g/mol. The summed E-state index contributed by atoms with van der Waals surface area (Å²) in [6.07, 6.45) is 1.17. The molecule has 1 N–H and O–H groups in total. The van der Waals surface area contributed by atoms with Gasteiger partial charge in [-0.25, -0.2) is 0 Å². The quantitative estimate of drug-likeness (QED) is 0.546. The molecule has 0 bridgehead atoms. The van der Waals surface area contributed by atoms with E-state index in [1.54, 1.807) is 18.9 Å². The summed E-state index contributed by atoms with van der Waals surface area (Å²) in [5, 5.41) is 1.72. The molecule has 0 unspecified atom stereocenters. The summed E-state index contributed by atoms with van der Waals surface area (Å²) in [5.41, 5.74) is 1.55. The third kappa shape index (κ3) is 4.26. The maximum absolute atomic E-state index is 13.5. The Morgan fingerprint density at radius 1 is 1.14 bits per heavy atom. The Labute approximate surface area is 180 Å². The van der Waals surface area contributed by atoms with E-state index in [4.69, 9.17) is 16.3 Å². The van der Waals surface area contributed by atoms with Crippen LogP contribution in [0.5, 0.6) is 5.75 Å². The lowest BCUT2D eigenvalue weighted by Gasteiger charge is -2.34. The van der Waals surface area contributed by atoms with Gasteiger partial charge in [0.2, 0.25) is 0 Å². The van der Waals surface area contributed by atoms with E-state index in [2.05, 4.69) is 18.8 Å². The summed E-state index contributed by atoms with van der Waals surface area (Å²) >= 11 is 7.63. The van der Waals surface area contributed by atoms with E-state index in [9.17, 15) is 4.79 Å². The molecule has 4 rings (SSSR count). The number of nitrogens with zero attached hydrogens (tertiary/aromatic N) is 1. The Bertz CT molecular complexity index is 1020. The number of hydrogen-bond acceptors (Lipinski definition) is 3. The van der Waals surface area contributed by atoms with Gasteiger partial charge in [0.1, 0.15) is 11.4 Å². The fourth-order valence-corrected chi connectivity index (χ4v) is 5.30. The van der Waals surface area contributed by atoms with Crippen molar-refractivity contribution in [2.24, 2.45) is 11.8 Å². The molecule has 1 aromatic heterocycles. The minimum absolute atomic E-state index is 0.0648. The summed E-state index contributed by atoms with van der Waals surface area (Å²) in [7, 11) is 1.65. The SMILES string of the molecule is COc1ccc2c(Sc3ccc(Cl)cc3)c(C(=O)N3C[C@@H](C)C[C@H](C)C3)[nH]c2c1. The molecule has 0 saturated carbocycles. The lowest BCUT2D eigenvalue weighted by Crippen LogP contribution is -2.42. The van der Waals surface area contributed by atoms with Gasteiger partial charge in [-0.15, -0.1) is 0 Å². The first-order chi connectivity index (χ1) is 13.9. The maximum Gasteiger partial charge on any atom is 0.271 e. The molecule has 6 heteroatoms. The van der Waals surface area contributed by atoms with Gasteiger partial charge in [0.05, 0.1) is 17.5 Å². The second-order valence-corrected chi connectivity index (χ2v) is 9.47. The van der Waals surface area contributed by atoms with Crippen LogP contribution in [0.2, 0.25) is 5.02 Å². The highest BCUT2D eigenvalue weighted by molar-refractivity contribution is 7.99. The number of hydrogen-bond donors (Lipinski definition) is 1. The topological polar surface area (TPSA) is 45.3 Å². The number of rotatable bonds is 4. The molecule has 2 atom stereocenters. The third-order valence-electron chi connectivity index (χ3n) is 5.36. The number of methoxy groups -OCH3 is 1. The van der Waals surface area contributed by atoms with E-state index >= 15 is 0 Å². The van der Waals surface area contributed by atoms with Crippen molar-refractivity contribution in [1.82, 2.24) is 9.88 Å². The molecule has 1 saturated heterocycles. The van der Waals surface area contributed by atoms with Gasteiger partial charge >= 0.3 is 0 Å². The van der Waals surface area contributed by atoms with Crippen LogP contribution >= 0.6 is 23.4 Å². The van der Waals surface area contributed by atoms with Gasteiger partial charge < -0.3 is 14.6 Å². The number of halogens is 1. The van der Waals surface area contributed by atoms with E-state index in [1.165, 1.54) is 6.42 Å². The molecule has 0 spiro atoms. The normalized spacial score (nSPS) is 19.5. The Kier molecular flexibility index (Phi) is 5.79. The van der Waals surface area contributed by atoms with E-state index in [-0.39, 0.29) is 5.91 Å². The Hall–Kier alpha value is -2.11. The highest BCUT2D eigenvalue weighted by Crippen LogP contribution is 2.39. The van der Waals surface area contributed by atoms with Crippen molar-refractivity contribution in [3.63, 3.8) is 0 Å². The number of H-pyrrole nitrogens is 1. The van der Waals surface area contributed by atoms with Gasteiger partial charge in [-0.05, 0) is 54.7 Å². The maximum atomic E-state index is 13.5. The number of aromatic nitrogens is 1. The average Bonchev–Trinajstić information content (AvgIpc) is 3.05. The van der Waals surface area contributed by atoms with Crippen molar-refractivity contribution >= 4 is 40.2 Å². The Morgan fingerprint density at radius 3 is 2.48 bits per heavy atom. The summed E-state index contributed by atoms with van der Waals surface area (Å²) in [6.45, 7) is 6.03. The number of amides is 1. The van der Waals surface area contributed by atoms with Crippen molar-refractivity contribution in [3.05, 3.63) is 53.2 Å². The summed E-state index contributed by atoms with van der Waals surface area (Å²) < 4.78 is 5.37. The molecule has 2 heterocycles. The summed E-state index contributed by atoms with van der Waals surface area (Å²) in [5.74, 6) is 1.86. The number of piperidine rings is 1. The molecule has 152 valence electrons. The number of ether oxygens (including phenoxy) is 1. The van der Waals surface area contributed by atoms with Crippen LogP contribution in [0.15, 0.2) is 52.3 Å². The second kappa shape index (κ2) is 8.33. The second-order valence-electron chi connectivity index (χ2n) is 7.95. The first kappa shape index (κ1) is 20.2. The van der Waals surface area contributed by atoms with E-state index in [1.807, 2.05) is 47.4 Å². The third-order valence-corrected chi connectivity index (χ3v) is 6.75. The number of nitrogens with one attached hydrogen (secondary N) is 1. The molecule has 0 aliphatic carbocycles. The smallest absolute Gasteiger partial charge is 0.271 e. The van der Waals surface area contributed by atoms with E-state index in [0.29, 0.717) is 22.6 Å². The van der Waals surface area contributed by atoms with Gasteiger partial charge in [0.25, 0.3) is 5.91 Å². The summed E-state index contributed by atoms with van der Waals surface area (Å²) in [4.78, 5) is 20.9. The number of benzene rings is 2. The molecule has 29 heavy (non-hydrogen) atoms. The molecule has 2 aromatic carbocycles. The van der Waals surface area contributed by atoms with Crippen molar-refractivity contribution < 1.29 is 9.53 Å². The van der Waals surface area contributed by atoms with Crippen molar-refractivity contribution in [3.8, 4) is 5.75 Å². The molecule has 3 aromatic rings. The van der Waals surface area contributed by atoms with Crippen LogP contribution in [-0.4, -0.2) is 36.0 Å². The number of aromatic amines is 1. The number of likely N-dealkylation sites (tertiary alicyclic amines) is 1. The van der Waals surface area contributed by atoms with Crippen LogP contribution in [0.1, 0.15) is 30.8 Å². The lowest BCUT2D eigenvalue weighted by atomic mass is 9.92. The fraction of sp³-hybridized carbons (Fsp3) is 0.348. The molecule has 1 amide bonds. The fourth-order valence-electron chi connectivity index (χ4n) is 4.14. The molecule has 0 radical (unpaired) electrons. The van der Waals surface area contributed by atoms with Crippen LogP contribution in [0.4, 0.5) is 0 Å². The predicted octanol–water partition coefficient (Wildman–Crippen LogP) is 6.10. The molecule has 1 aliphatic rings. The Balaban J connectivity index is 1.76. The molecule has 1 fully saturated rings. The largest absolute Gasteiger partial charge is 0.497 e. The first-order valence-electron chi connectivity index (χ1n) is 9.87. The first-order valence-corrected chi connectivity index (χ1v) is 11.1. The van der Waals surface area contributed by atoms with Gasteiger partial charge in [-0.1, -0.05) is 37.2 Å². The zero-order chi connectivity index (χ0) is 20.5. The highest BCUT2D eigenvalue weighted by atomic mass is 35.5. The standard InChI is InChI=1S/C23H25ClN2O2S/c1-14-10-15(2)13-26(12-14)23(27)21-22(29-18-7-4-16(24)5-8-18)19-9-6-17(28-3)11-20(19)25-21/h4-9,11,14-15,25H,10,12-13H2,1-3H3/t14-,15-/m0/s1. The number of fused-ring (bicyclic) bond motifs is 1. The van der Waals surface area contributed by atoms with Crippen LogP contribution in [-0.2, 0) is 0 Å². The molecule has 1 aliphatic heterocycles. The van der Waals surface area contributed by atoms with E-state index < -0.39 is 0 Å². The van der Waals surface area contributed by atoms with Gasteiger partial charge in [-0.3, -0.25) is 4.79 Å². The van der Waals surface area contributed by atoms with Crippen LogP contribution < -0.4 is 4.74 Å². The minimum atomic E-state index is 0.0648. The molecular weight excluding hydrogens is 404 g/mol. The lowest BCUT2D eigenvalue weighted by molar-refractivity contribution is 0.0614. The van der Waals surface area contributed by atoms with Gasteiger partial charge in [-0.2, -0.15) is 0 Å². The van der Waals surface area contributed by atoms with E-state index in [0.717, 1.165) is 39.5 Å². The number of carbonyl (C=O) groups excluding carboxylic acids is 1. The zero-order valence-corrected chi connectivity index (χ0v) is 18.4.